The summed E-state index contributed by atoms with van der Waals surface area (Å²) in [6, 6.07) is 6.02. The van der Waals surface area contributed by atoms with Crippen molar-refractivity contribution in [3.05, 3.63) is 30.0 Å². The van der Waals surface area contributed by atoms with E-state index in [4.69, 9.17) is 10.5 Å². The molecule has 0 saturated heterocycles. The molecule has 2 N–H and O–H groups in total. The number of anilines is 1. The fraction of sp³-hybridized carbons (Fsp3) is 0.182. The van der Waals surface area contributed by atoms with E-state index in [2.05, 4.69) is 10.4 Å². The van der Waals surface area contributed by atoms with Gasteiger partial charge < -0.3 is 10.5 Å². The third-order valence-corrected chi connectivity index (χ3v) is 3.05. The molecule has 3 nitrogen and oxygen atoms in total. The van der Waals surface area contributed by atoms with Crippen molar-refractivity contribution in [3.8, 4) is 16.2 Å². The second kappa shape index (κ2) is 3.90. The van der Waals surface area contributed by atoms with Crippen LogP contribution in [0.15, 0.2) is 24.4 Å². The molecule has 0 saturated carbocycles. The fourth-order valence-corrected chi connectivity index (χ4v) is 2.14. The van der Waals surface area contributed by atoms with Crippen LogP contribution in [0.1, 0.15) is 5.56 Å². The SMILES string of the molecule is COc1ccc(C)cc1-c1sncc1N. The van der Waals surface area contributed by atoms with E-state index < -0.39 is 0 Å². The van der Waals surface area contributed by atoms with Crippen molar-refractivity contribution in [1.82, 2.24) is 4.37 Å². The zero-order valence-electron chi connectivity index (χ0n) is 8.65. The maximum atomic E-state index is 5.84. The summed E-state index contributed by atoms with van der Waals surface area (Å²) in [4.78, 5) is 0.968. The Kier molecular flexibility index (Phi) is 2.60. The van der Waals surface area contributed by atoms with Crippen molar-refractivity contribution in [2.75, 3.05) is 12.8 Å². The number of methoxy groups -OCH3 is 1. The molecule has 1 aromatic carbocycles. The van der Waals surface area contributed by atoms with Gasteiger partial charge in [0.15, 0.2) is 0 Å². The molecule has 2 rings (SSSR count). The van der Waals surface area contributed by atoms with Crippen LogP contribution in [0.5, 0.6) is 5.75 Å². The first kappa shape index (κ1) is 9.98. The van der Waals surface area contributed by atoms with Crippen molar-refractivity contribution in [3.63, 3.8) is 0 Å². The Morgan fingerprint density at radius 3 is 2.80 bits per heavy atom. The molecule has 0 spiro atoms. The van der Waals surface area contributed by atoms with Gasteiger partial charge in [-0.05, 0) is 30.6 Å². The number of ether oxygens (including phenoxy) is 1. The van der Waals surface area contributed by atoms with Gasteiger partial charge in [-0.25, -0.2) is 0 Å². The van der Waals surface area contributed by atoms with Gasteiger partial charge in [-0.2, -0.15) is 4.37 Å². The first-order chi connectivity index (χ1) is 7.22. The van der Waals surface area contributed by atoms with Crippen LogP contribution in [0.4, 0.5) is 5.69 Å². The number of aromatic nitrogens is 1. The lowest BCUT2D eigenvalue weighted by Gasteiger charge is -2.07. The normalized spacial score (nSPS) is 10.3. The van der Waals surface area contributed by atoms with Gasteiger partial charge in [0.25, 0.3) is 0 Å². The molecule has 0 fully saturated rings. The van der Waals surface area contributed by atoms with E-state index in [-0.39, 0.29) is 0 Å². The highest BCUT2D eigenvalue weighted by molar-refractivity contribution is 7.10. The van der Waals surface area contributed by atoms with Crippen molar-refractivity contribution in [1.29, 1.82) is 0 Å². The maximum absolute atomic E-state index is 5.84. The Labute approximate surface area is 92.7 Å². The number of aryl methyl sites for hydroxylation is 1. The monoisotopic (exact) mass is 220 g/mol. The minimum absolute atomic E-state index is 0.698. The molecular weight excluding hydrogens is 208 g/mol. The van der Waals surface area contributed by atoms with Gasteiger partial charge >= 0.3 is 0 Å². The van der Waals surface area contributed by atoms with Crippen molar-refractivity contribution in [2.45, 2.75) is 6.92 Å². The average molecular weight is 220 g/mol. The van der Waals surface area contributed by atoms with E-state index in [1.54, 1.807) is 13.3 Å². The minimum atomic E-state index is 0.698. The smallest absolute Gasteiger partial charge is 0.127 e. The largest absolute Gasteiger partial charge is 0.496 e. The number of nitrogens with two attached hydrogens (primary N) is 1. The molecule has 78 valence electrons. The zero-order valence-corrected chi connectivity index (χ0v) is 9.47. The lowest BCUT2D eigenvalue weighted by atomic mass is 10.1. The Balaban J connectivity index is 2.60. The fourth-order valence-electron chi connectivity index (χ4n) is 1.45. The van der Waals surface area contributed by atoms with Crippen LogP contribution in [0.25, 0.3) is 10.4 Å². The second-order valence-corrected chi connectivity index (χ2v) is 4.12. The summed E-state index contributed by atoms with van der Waals surface area (Å²) in [5.41, 5.74) is 8.73. The zero-order chi connectivity index (χ0) is 10.8. The summed E-state index contributed by atoms with van der Waals surface area (Å²) >= 11 is 1.39. The van der Waals surface area contributed by atoms with E-state index >= 15 is 0 Å². The first-order valence-corrected chi connectivity index (χ1v) is 5.35. The van der Waals surface area contributed by atoms with Gasteiger partial charge in [0.1, 0.15) is 5.75 Å². The molecule has 0 aliphatic heterocycles. The average Bonchev–Trinajstić information content (AvgIpc) is 2.64. The second-order valence-electron chi connectivity index (χ2n) is 3.31. The third-order valence-electron chi connectivity index (χ3n) is 2.20. The third kappa shape index (κ3) is 1.80. The van der Waals surface area contributed by atoms with Crippen molar-refractivity contribution in [2.24, 2.45) is 0 Å². The topological polar surface area (TPSA) is 48.1 Å². The van der Waals surface area contributed by atoms with E-state index in [1.165, 1.54) is 17.1 Å². The molecule has 0 aliphatic carbocycles. The highest BCUT2D eigenvalue weighted by Crippen LogP contribution is 2.36. The lowest BCUT2D eigenvalue weighted by molar-refractivity contribution is 0.416. The van der Waals surface area contributed by atoms with Crippen LogP contribution < -0.4 is 10.5 Å². The molecule has 0 bridgehead atoms. The van der Waals surface area contributed by atoms with Gasteiger partial charge in [0.2, 0.25) is 0 Å². The summed E-state index contributed by atoms with van der Waals surface area (Å²) in [7, 11) is 1.66. The lowest BCUT2D eigenvalue weighted by Crippen LogP contribution is -1.90. The van der Waals surface area contributed by atoms with Crippen LogP contribution >= 0.6 is 11.5 Å². The Hall–Kier alpha value is -1.55. The molecule has 15 heavy (non-hydrogen) atoms. The number of hydrogen-bond acceptors (Lipinski definition) is 4. The van der Waals surface area contributed by atoms with Gasteiger partial charge in [0, 0.05) is 5.56 Å². The van der Waals surface area contributed by atoms with Crippen LogP contribution in [0.3, 0.4) is 0 Å². The first-order valence-electron chi connectivity index (χ1n) is 4.57. The Morgan fingerprint density at radius 1 is 1.40 bits per heavy atom. The summed E-state index contributed by atoms with van der Waals surface area (Å²) < 4.78 is 9.37. The highest BCUT2D eigenvalue weighted by atomic mass is 32.1. The quantitative estimate of drug-likeness (QED) is 0.846. The van der Waals surface area contributed by atoms with E-state index in [9.17, 15) is 0 Å². The summed E-state index contributed by atoms with van der Waals surface area (Å²) in [6.45, 7) is 2.04. The van der Waals surface area contributed by atoms with Crippen LogP contribution in [0, 0.1) is 6.92 Å². The highest BCUT2D eigenvalue weighted by Gasteiger charge is 2.11. The number of rotatable bonds is 2. The van der Waals surface area contributed by atoms with Crippen molar-refractivity contribution >= 4 is 17.2 Å². The molecule has 0 atom stereocenters. The van der Waals surface area contributed by atoms with Crippen molar-refractivity contribution < 1.29 is 4.74 Å². The molecule has 0 aliphatic rings. The van der Waals surface area contributed by atoms with Crippen LogP contribution in [0.2, 0.25) is 0 Å². The summed E-state index contributed by atoms with van der Waals surface area (Å²) in [5.74, 6) is 0.830. The summed E-state index contributed by atoms with van der Waals surface area (Å²) in [6.07, 6.45) is 1.67. The van der Waals surface area contributed by atoms with Crippen LogP contribution in [-0.2, 0) is 0 Å². The standard InChI is InChI=1S/C11H12N2OS/c1-7-3-4-10(14-2)8(5-7)11-9(12)6-13-15-11/h3-6H,12H2,1-2H3. The Morgan fingerprint density at radius 2 is 2.20 bits per heavy atom. The Bertz CT molecular complexity index is 479. The molecule has 1 aromatic heterocycles. The van der Waals surface area contributed by atoms with E-state index in [0.717, 1.165) is 16.2 Å². The van der Waals surface area contributed by atoms with E-state index in [1.807, 2.05) is 19.1 Å². The number of hydrogen-bond donors (Lipinski definition) is 1. The number of benzene rings is 1. The van der Waals surface area contributed by atoms with Gasteiger partial charge in [-0.15, -0.1) is 0 Å². The minimum Gasteiger partial charge on any atom is -0.496 e. The van der Waals surface area contributed by atoms with Gasteiger partial charge in [-0.1, -0.05) is 11.6 Å². The molecule has 0 radical (unpaired) electrons. The maximum Gasteiger partial charge on any atom is 0.127 e. The van der Waals surface area contributed by atoms with E-state index in [0.29, 0.717) is 5.69 Å². The molecular formula is C11H12N2OS. The molecule has 4 heteroatoms. The predicted octanol–water partition coefficient (Wildman–Crippen LogP) is 2.71. The molecule has 1 heterocycles. The van der Waals surface area contributed by atoms with Gasteiger partial charge in [0.05, 0.1) is 23.9 Å². The molecule has 0 amide bonds. The molecule has 0 unspecified atom stereocenters. The predicted molar refractivity (Wildman–Crippen MR) is 63.3 cm³/mol. The number of nitrogens with zero attached hydrogens (tertiary/aromatic N) is 1. The molecule has 2 aromatic rings. The number of nitrogen functional groups attached to an aromatic ring is 1. The van der Waals surface area contributed by atoms with Crippen LogP contribution in [-0.4, -0.2) is 11.5 Å². The van der Waals surface area contributed by atoms with Gasteiger partial charge in [-0.3, -0.25) is 0 Å². The summed E-state index contributed by atoms with van der Waals surface area (Å²) in [5, 5.41) is 0.